The average Bonchev–Trinajstić information content (AvgIpc) is 2.91. The maximum Gasteiger partial charge on any atom is 0.346 e. The fraction of sp³-hybridized carbons (Fsp3) is 0.438. The molecule has 1 aliphatic rings. The number of rotatable bonds is 5. The highest BCUT2D eigenvalue weighted by molar-refractivity contribution is 6.32. The predicted octanol–water partition coefficient (Wildman–Crippen LogP) is 1.69. The number of halogens is 1. The predicted molar refractivity (Wildman–Crippen MR) is 92.6 cm³/mol. The van der Waals surface area contributed by atoms with Crippen LogP contribution in [0.25, 0.3) is 0 Å². The summed E-state index contributed by atoms with van der Waals surface area (Å²) in [6.45, 7) is 0.476. The Labute approximate surface area is 149 Å². The molecule has 0 aliphatic carbocycles. The molecule has 0 saturated carbocycles. The first-order chi connectivity index (χ1) is 12.0. The molecule has 0 radical (unpaired) electrons. The van der Waals surface area contributed by atoms with Crippen molar-refractivity contribution < 1.29 is 14.3 Å². The van der Waals surface area contributed by atoms with Crippen molar-refractivity contribution in [3.05, 3.63) is 33.5 Å². The molecule has 1 amide bonds. The van der Waals surface area contributed by atoms with Crippen LogP contribution in [0.4, 0.5) is 5.69 Å². The summed E-state index contributed by atoms with van der Waals surface area (Å²) in [5.74, 6) is 1.19. The standard InChI is InChI=1S/C16H19ClN4O4/c1-24-12-8-13(25-2)11(7-10(12)17)18-15(22)9-21-16(23)20-6-4-3-5-14(20)19-21/h7-8H,3-6,9H2,1-2H3,(H,18,22). The van der Waals surface area contributed by atoms with Crippen molar-refractivity contribution in [3.8, 4) is 11.5 Å². The van der Waals surface area contributed by atoms with Gasteiger partial charge in [0.2, 0.25) is 5.91 Å². The molecule has 9 heteroatoms. The van der Waals surface area contributed by atoms with Gasteiger partial charge in [0.1, 0.15) is 23.9 Å². The molecule has 1 aliphatic heterocycles. The first kappa shape index (κ1) is 17.3. The summed E-state index contributed by atoms with van der Waals surface area (Å²) in [5, 5.41) is 7.29. The third kappa shape index (κ3) is 3.48. The summed E-state index contributed by atoms with van der Waals surface area (Å²) in [6.07, 6.45) is 2.71. The molecule has 0 spiro atoms. The van der Waals surface area contributed by atoms with E-state index in [0.717, 1.165) is 25.1 Å². The maximum atomic E-state index is 12.3. The number of anilines is 1. The van der Waals surface area contributed by atoms with Gasteiger partial charge in [-0.05, 0) is 18.9 Å². The Hall–Kier alpha value is -2.48. The number of aryl methyl sites for hydroxylation is 1. The number of carbonyl (C=O) groups excluding carboxylic acids is 1. The van der Waals surface area contributed by atoms with E-state index in [9.17, 15) is 9.59 Å². The number of methoxy groups -OCH3 is 2. The van der Waals surface area contributed by atoms with Crippen molar-refractivity contribution in [2.24, 2.45) is 0 Å². The molecular formula is C16H19ClN4O4. The molecule has 2 aromatic rings. The second kappa shape index (κ2) is 7.18. The molecule has 8 nitrogen and oxygen atoms in total. The Kier molecular flexibility index (Phi) is 4.98. The van der Waals surface area contributed by atoms with Crippen molar-refractivity contribution in [2.45, 2.75) is 32.4 Å². The van der Waals surface area contributed by atoms with E-state index in [1.54, 1.807) is 10.6 Å². The molecule has 0 bridgehead atoms. The lowest BCUT2D eigenvalue weighted by Crippen LogP contribution is -2.31. The van der Waals surface area contributed by atoms with E-state index < -0.39 is 5.91 Å². The summed E-state index contributed by atoms with van der Waals surface area (Å²) in [7, 11) is 2.97. The molecule has 1 N–H and O–H groups in total. The maximum absolute atomic E-state index is 12.3. The first-order valence-corrected chi connectivity index (χ1v) is 8.29. The molecule has 2 heterocycles. The lowest BCUT2D eigenvalue weighted by atomic mass is 10.2. The van der Waals surface area contributed by atoms with Gasteiger partial charge in [0, 0.05) is 19.0 Å². The molecule has 0 atom stereocenters. The average molecular weight is 367 g/mol. The number of hydrogen-bond acceptors (Lipinski definition) is 5. The third-order valence-corrected chi connectivity index (χ3v) is 4.37. The van der Waals surface area contributed by atoms with Crippen LogP contribution in [0.3, 0.4) is 0 Å². The number of carbonyl (C=O) groups is 1. The smallest absolute Gasteiger partial charge is 0.346 e. The number of ether oxygens (including phenoxy) is 2. The van der Waals surface area contributed by atoms with Gasteiger partial charge in [0.15, 0.2) is 0 Å². The lowest BCUT2D eigenvalue weighted by molar-refractivity contribution is -0.117. The Morgan fingerprint density at radius 1 is 1.28 bits per heavy atom. The summed E-state index contributed by atoms with van der Waals surface area (Å²) in [5.41, 5.74) is 0.139. The van der Waals surface area contributed by atoms with Crippen LogP contribution in [0.5, 0.6) is 11.5 Å². The van der Waals surface area contributed by atoms with Crippen molar-refractivity contribution in [1.29, 1.82) is 0 Å². The number of aromatic nitrogens is 3. The van der Waals surface area contributed by atoms with Crippen molar-refractivity contribution in [1.82, 2.24) is 14.3 Å². The second-order valence-corrected chi connectivity index (χ2v) is 6.11. The molecule has 0 saturated heterocycles. The first-order valence-electron chi connectivity index (χ1n) is 7.91. The van der Waals surface area contributed by atoms with Gasteiger partial charge < -0.3 is 14.8 Å². The Morgan fingerprint density at radius 2 is 2.04 bits per heavy atom. The highest BCUT2D eigenvalue weighted by Crippen LogP contribution is 2.35. The van der Waals surface area contributed by atoms with Gasteiger partial charge in [-0.25, -0.2) is 9.48 Å². The second-order valence-electron chi connectivity index (χ2n) is 5.70. The summed E-state index contributed by atoms with van der Waals surface area (Å²) in [4.78, 5) is 24.6. The number of fused-ring (bicyclic) bond motifs is 1. The Bertz CT molecular complexity index is 859. The molecule has 25 heavy (non-hydrogen) atoms. The van der Waals surface area contributed by atoms with Crippen LogP contribution in [0.15, 0.2) is 16.9 Å². The van der Waals surface area contributed by atoms with E-state index >= 15 is 0 Å². The highest BCUT2D eigenvalue weighted by Gasteiger charge is 2.19. The molecule has 1 aromatic carbocycles. The lowest BCUT2D eigenvalue weighted by Gasteiger charge is -2.13. The summed E-state index contributed by atoms with van der Waals surface area (Å²) >= 11 is 6.09. The third-order valence-electron chi connectivity index (χ3n) is 4.07. The van der Waals surface area contributed by atoms with Crippen LogP contribution in [0.2, 0.25) is 5.02 Å². The number of hydrogen-bond donors (Lipinski definition) is 1. The van der Waals surface area contributed by atoms with E-state index in [4.69, 9.17) is 21.1 Å². The van der Waals surface area contributed by atoms with E-state index in [1.165, 1.54) is 25.0 Å². The Balaban J connectivity index is 1.78. The number of amides is 1. The zero-order valence-electron chi connectivity index (χ0n) is 14.0. The topological polar surface area (TPSA) is 87.4 Å². The van der Waals surface area contributed by atoms with Gasteiger partial charge in [0.05, 0.1) is 24.9 Å². The number of nitrogens with one attached hydrogen (secondary N) is 1. The highest BCUT2D eigenvalue weighted by atomic mass is 35.5. The fourth-order valence-electron chi connectivity index (χ4n) is 2.84. The van der Waals surface area contributed by atoms with Gasteiger partial charge in [-0.15, -0.1) is 0 Å². The van der Waals surface area contributed by atoms with E-state index in [1.807, 2.05) is 0 Å². The minimum absolute atomic E-state index is 0.175. The van der Waals surface area contributed by atoms with Crippen LogP contribution in [0, 0.1) is 0 Å². The summed E-state index contributed by atoms with van der Waals surface area (Å²) in [6, 6.07) is 3.12. The van der Waals surface area contributed by atoms with Gasteiger partial charge >= 0.3 is 5.69 Å². The van der Waals surface area contributed by atoms with Crippen LogP contribution < -0.4 is 20.5 Å². The van der Waals surface area contributed by atoms with Crippen LogP contribution in [-0.4, -0.2) is 34.5 Å². The molecule has 134 valence electrons. The van der Waals surface area contributed by atoms with E-state index in [0.29, 0.717) is 28.8 Å². The van der Waals surface area contributed by atoms with E-state index in [2.05, 4.69) is 10.4 Å². The van der Waals surface area contributed by atoms with Gasteiger partial charge in [-0.2, -0.15) is 5.10 Å². The SMILES string of the molecule is COc1cc(OC)c(NC(=O)Cn2nc3n(c2=O)CCCC3)cc1Cl. The minimum atomic E-state index is -0.392. The largest absolute Gasteiger partial charge is 0.495 e. The van der Waals surface area contributed by atoms with Gasteiger partial charge in [-0.1, -0.05) is 11.6 Å². The normalized spacial score (nSPS) is 13.2. The molecule has 0 unspecified atom stereocenters. The van der Waals surface area contributed by atoms with Crippen molar-refractivity contribution in [3.63, 3.8) is 0 Å². The zero-order chi connectivity index (χ0) is 18.0. The quantitative estimate of drug-likeness (QED) is 0.870. The van der Waals surface area contributed by atoms with Crippen molar-refractivity contribution >= 4 is 23.2 Å². The molecule has 3 rings (SSSR count). The number of benzene rings is 1. The minimum Gasteiger partial charge on any atom is -0.495 e. The van der Waals surface area contributed by atoms with E-state index in [-0.39, 0.29) is 12.2 Å². The monoisotopic (exact) mass is 366 g/mol. The molecule has 0 fully saturated rings. The number of nitrogens with zero attached hydrogens (tertiary/aromatic N) is 3. The van der Waals surface area contributed by atoms with Crippen LogP contribution in [-0.2, 0) is 24.3 Å². The molecular weight excluding hydrogens is 348 g/mol. The van der Waals surface area contributed by atoms with Crippen molar-refractivity contribution in [2.75, 3.05) is 19.5 Å². The zero-order valence-corrected chi connectivity index (χ0v) is 14.8. The Morgan fingerprint density at radius 3 is 2.72 bits per heavy atom. The van der Waals surface area contributed by atoms with Crippen LogP contribution >= 0.6 is 11.6 Å². The summed E-state index contributed by atoms with van der Waals surface area (Å²) < 4.78 is 13.2. The molecule has 1 aromatic heterocycles. The van der Waals surface area contributed by atoms with Gasteiger partial charge in [0.25, 0.3) is 0 Å². The van der Waals surface area contributed by atoms with Crippen LogP contribution in [0.1, 0.15) is 18.7 Å². The van der Waals surface area contributed by atoms with Gasteiger partial charge in [-0.3, -0.25) is 9.36 Å². The fourth-order valence-corrected chi connectivity index (χ4v) is 3.08.